The lowest BCUT2D eigenvalue weighted by Crippen LogP contribution is -2.56. The molecule has 0 saturated heterocycles. The molecule has 0 aliphatic heterocycles. The van der Waals surface area contributed by atoms with E-state index in [1.165, 1.54) is 29.7 Å². The van der Waals surface area contributed by atoms with Gasteiger partial charge < -0.3 is 0 Å². The Labute approximate surface area is 128 Å². The van der Waals surface area contributed by atoms with Crippen molar-refractivity contribution in [2.45, 2.75) is 37.1 Å². The van der Waals surface area contributed by atoms with Gasteiger partial charge in [0, 0.05) is 16.3 Å². The first-order valence-electron chi connectivity index (χ1n) is 7.00. The molecule has 1 fully saturated rings. The van der Waals surface area contributed by atoms with Gasteiger partial charge in [-0.2, -0.15) is 0 Å². The summed E-state index contributed by atoms with van der Waals surface area (Å²) in [6, 6.07) is 15.1. The van der Waals surface area contributed by atoms with E-state index in [-0.39, 0.29) is 11.5 Å². The zero-order valence-electron chi connectivity index (χ0n) is 11.3. The molecule has 106 valence electrons. The van der Waals surface area contributed by atoms with Crippen LogP contribution in [-0.4, -0.2) is 6.04 Å². The molecule has 0 spiro atoms. The van der Waals surface area contributed by atoms with Gasteiger partial charge in [0.1, 0.15) is 0 Å². The normalized spacial score (nSPS) is 18.5. The zero-order chi connectivity index (χ0) is 14.0. The number of hydrazine groups is 1. The third kappa shape index (κ3) is 2.51. The molecule has 20 heavy (non-hydrogen) atoms. The van der Waals surface area contributed by atoms with Crippen molar-refractivity contribution < 1.29 is 0 Å². The monoisotopic (exact) mass is 306 g/mol. The summed E-state index contributed by atoms with van der Waals surface area (Å²) in [5.74, 6) is 5.88. The van der Waals surface area contributed by atoms with Gasteiger partial charge in [0.05, 0.1) is 4.34 Å². The first-order valence-corrected chi connectivity index (χ1v) is 8.20. The highest BCUT2D eigenvalue weighted by molar-refractivity contribution is 7.16. The molecule has 1 unspecified atom stereocenters. The number of nitrogens with one attached hydrogen (secondary N) is 1. The van der Waals surface area contributed by atoms with Gasteiger partial charge in [0.2, 0.25) is 0 Å². The van der Waals surface area contributed by atoms with Crippen molar-refractivity contribution >= 4 is 22.9 Å². The molecule has 1 heterocycles. The lowest BCUT2D eigenvalue weighted by Gasteiger charge is -2.48. The maximum Gasteiger partial charge on any atom is 0.0931 e. The third-order valence-electron chi connectivity index (χ3n) is 4.50. The molecular formula is C16H19ClN2S. The quantitative estimate of drug-likeness (QED) is 0.649. The maximum absolute atomic E-state index is 6.03. The first kappa shape index (κ1) is 14.1. The zero-order valence-corrected chi connectivity index (χ0v) is 12.9. The van der Waals surface area contributed by atoms with E-state index in [4.69, 9.17) is 17.4 Å². The van der Waals surface area contributed by atoms with Gasteiger partial charge in [0.25, 0.3) is 0 Å². The summed E-state index contributed by atoms with van der Waals surface area (Å²) in [5, 5.41) is 0. The SMILES string of the molecule is NNC(Cc1ccc(Cl)s1)C1(c2ccccc2)CCC1. The van der Waals surface area contributed by atoms with Crippen molar-refractivity contribution in [3.05, 3.63) is 57.2 Å². The van der Waals surface area contributed by atoms with Crippen LogP contribution in [0.2, 0.25) is 4.34 Å². The number of hydrogen-bond acceptors (Lipinski definition) is 3. The Morgan fingerprint density at radius 2 is 1.95 bits per heavy atom. The van der Waals surface area contributed by atoms with Crippen molar-refractivity contribution in [3.8, 4) is 0 Å². The van der Waals surface area contributed by atoms with Gasteiger partial charge >= 0.3 is 0 Å². The van der Waals surface area contributed by atoms with E-state index in [1.54, 1.807) is 11.3 Å². The highest BCUT2D eigenvalue weighted by atomic mass is 35.5. The van der Waals surface area contributed by atoms with Gasteiger partial charge in [-0.3, -0.25) is 11.3 Å². The van der Waals surface area contributed by atoms with Crippen molar-refractivity contribution in [3.63, 3.8) is 0 Å². The number of hydrogen-bond donors (Lipinski definition) is 2. The topological polar surface area (TPSA) is 38.0 Å². The molecule has 1 atom stereocenters. The molecule has 2 nitrogen and oxygen atoms in total. The number of thiophene rings is 1. The lowest BCUT2D eigenvalue weighted by molar-refractivity contribution is 0.169. The molecule has 4 heteroatoms. The van der Waals surface area contributed by atoms with Crippen LogP contribution in [0.5, 0.6) is 0 Å². The van der Waals surface area contributed by atoms with E-state index in [0.29, 0.717) is 0 Å². The summed E-state index contributed by atoms with van der Waals surface area (Å²) < 4.78 is 0.846. The van der Waals surface area contributed by atoms with Gasteiger partial charge in [-0.05, 0) is 37.0 Å². The minimum absolute atomic E-state index is 0.173. The molecule has 1 saturated carbocycles. The van der Waals surface area contributed by atoms with Crippen LogP contribution in [0.15, 0.2) is 42.5 Å². The summed E-state index contributed by atoms with van der Waals surface area (Å²) in [6.45, 7) is 0. The average Bonchev–Trinajstić information content (AvgIpc) is 2.83. The Morgan fingerprint density at radius 3 is 2.45 bits per heavy atom. The van der Waals surface area contributed by atoms with Gasteiger partial charge in [0.15, 0.2) is 0 Å². The van der Waals surface area contributed by atoms with Gasteiger partial charge in [-0.1, -0.05) is 48.4 Å². The Kier molecular flexibility index (Phi) is 4.13. The molecule has 1 aromatic carbocycles. The fourth-order valence-corrected chi connectivity index (χ4v) is 4.38. The molecule has 0 radical (unpaired) electrons. The maximum atomic E-state index is 6.03. The second-order valence-electron chi connectivity index (χ2n) is 5.50. The predicted molar refractivity (Wildman–Crippen MR) is 86.1 cm³/mol. The molecular weight excluding hydrogens is 288 g/mol. The summed E-state index contributed by atoms with van der Waals surface area (Å²) in [6.07, 6.45) is 4.61. The Bertz CT molecular complexity index is 563. The predicted octanol–water partition coefficient (Wildman–Crippen LogP) is 3.90. The lowest BCUT2D eigenvalue weighted by atomic mass is 9.59. The summed E-state index contributed by atoms with van der Waals surface area (Å²) >= 11 is 7.68. The van der Waals surface area contributed by atoms with E-state index in [0.717, 1.165) is 10.8 Å². The van der Waals surface area contributed by atoms with Crippen LogP contribution in [0.1, 0.15) is 29.7 Å². The van der Waals surface area contributed by atoms with Crippen LogP contribution >= 0.6 is 22.9 Å². The first-order chi connectivity index (χ1) is 9.74. The summed E-state index contributed by atoms with van der Waals surface area (Å²) in [7, 11) is 0. The molecule has 2 aromatic rings. The number of benzene rings is 1. The second-order valence-corrected chi connectivity index (χ2v) is 7.30. The average molecular weight is 307 g/mol. The van der Waals surface area contributed by atoms with Gasteiger partial charge in [-0.25, -0.2) is 0 Å². The van der Waals surface area contributed by atoms with E-state index in [1.807, 2.05) is 6.07 Å². The van der Waals surface area contributed by atoms with Gasteiger partial charge in [-0.15, -0.1) is 11.3 Å². The number of halogens is 1. The van der Waals surface area contributed by atoms with E-state index in [2.05, 4.69) is 41.8 Å². The Balaban J connectivity index is 1.86. The van der Waals surface area contributed by atoms with Crippen molar-refractivity contribution in [2.24, 2.45) is 5.84 Å². The van der Waals surface area contributed by atoms with Crippen LogP contribution < -0.4 is 11.3 Å². The molecule has 3 N–H and O–H groups in total. The molecule has 1 aromatic heterocycles. The van der Waals surface area contributed by atoms with Crippen molar-refractivity contribution in [2.75, 3.05) is 0 Å². The fourth-order valence-electron chi connectivity index (χ4n) is 3.24. The largest absolute Gasteiger partial charge is 0.271 e. The second kappa shape index (κ2) is 5.86. The summed E-state index contributed by atoms with van der Waals surface area (Å²) in [4.78, 5) is 1.29. The molecule has 1 aliphatic carbocycles. The molecule has 0 amide bonds. The fraction of sp³-hybridized carbons (Fsp3) is 0.375. The van der Waals surface area contributed by atoms with E-state index >= 15 is 0 Å². The highest BCUT2D eigenvalue weighted by Gasteiger charge is 2.45. The Morgan fingerprint density at radius 1 is 1.20 bits per heavy atom. The van der Waals surface area contributed by atoms with Crippen LogP contribution in [0.4, 0.5) is 0 Å². The highest BCUT2D eigenvalue weighted by Crippen LogP contribution is 2.47. The van der Waals surface area contributed by atoms with E-state index < -0.39 is 0 Å². The van der Waals surface area contributed by atoms with E-state index in [9.17, 15) is 0 Å². The molecule has 3 rings (SSSR count). The molecule has 0 bridgehead atoms. The van der Waals surface area contributed by atoms with Crippen LogP contribution in [-0.2, 0) is 11.8 Å². The number of nitrogens with two attached hydrogens (primary N) is 1. The Hall–Kier alpha value is -0.870. The van der Waals surface area contributed by atoms with Crippen molar-refractivity contribution in [1.82, 2.24) is 5.43 Å². The third-order valence-corrected chi connectivity index (χ3v) is 5.75. The minimum atomic E-state index is 0.173. The van der Waals surface area contributed by atoms with Crippen molar-refractivity contribution in [1.29, 1.82) is 0 Å². The molecule has 1 aliphatic rings. The summed E-state index contributed by atoms with van der Waals surface area (Å²) in [5.41, 5.74) is 4.64. The standard InChI is InChI=1S/C16H19ClN2S/c17-15-8-7-13(20-15)11-14(19-18)16(9-4-10-16)12-5-2-1-3-6-12/h1-3,5-8,14,19H,4,9-11,18H2. The van der Waals surface area contributed by atoms with Crippen LogP contribution in [0.3, 0.4) is 0 Å². The smallest absolute Gasteiger partial charge is 0.0931 e. The number of rotatable bonds is 5. The minimum Gasteiger partial charge on any atom is -0.271 e. The van der Waals surface area contributed by atoms with Crippen LogP contribution in [0, 0.1) is 0 Å². The van der Waals surface area contributed by atoms with Crippen LogP contribution in [0.25, 0.3) is 0 Å².